The van der Waals surface area contributed by atoms with Crippen LogP contribution in [0.5, 0.6) is 0 Å². The summed E-state index contributed by atoms with van der Waals surface area (Å²) in [6.07, 6.45) is 11.1. The SMILES string of the molecule is NC(=O)C(NC1CCC(c2c[nH]c3ccccc23)CC1)C1CCN(C(=O)/C=C/c2cccc(CF)c2)CC1. The number of carbonyl (C=O) groups is 2. The summed E-state index contributed by atoms with van der Waals surface area (Å²) < 4.78 is 12.9. The molecule has 2 aromatic carbocycles. The van der Waals surface area contributed by atoms with Gasteiger partial charge in [-0.15, -0.1) is 0 Å². The van der Waals surface area contributed by atoms with Crippen LogP contribution in [0.15, 0.2) is 60.8 Å². The number of aromatic amines is 1. The lowest BCUT2D eigenvalue weighted by molar-refractivity contribution is -0.128. The fraction of sp³-hybridized carbons (Fsp3) is 0.419. The zero-order valence-electron chi connectivity index (χ0n) is 21.7. The predicted molar refractivity (Wildman–Crippen MR) is 149 cm³/mol. The molecule has 2 heterocycles. The van der Waals surface area contributed by atoms with E-state index < -0.39 is 6.67 Å². The summed E-state index contributed by atoms with van der Waals surface area (Å²) in [4.78, 5) is 30.4. The molecule has 1 aliphatic heterocycles. The third-order valence-electron chi connectivity index (χ3n) is 8.36. The Labute approximate surface area is 223 Å². The molecule has 6 nitrogen and oxygen atoms in total. The van der Waals surface area contributed by atoms with Crippen molar-refractivity contribution in [3.8, 4) is 0 Å². The van der Waals surface area contributed by atoms with Crippen LogP contribution in [0.2, 0.25) is 0 Å². The first kappa shape index (κ1) is 26.2. The smallest absolute Gasteiger partial charge is 0.246 e. The highest BCUT2D eigenvalue weighted by Crippen LogP contribution is 2.37. The summed E-state index contributed by atoms with van der Waals surface area (Å²) in [5.41, 5.74) is 9.84. The summed E-state index contributed by atoms with van der Waals surface area (Å²) in [5, 5.41) is 4.91. The first-order chi connectivity index (χ1) is 18.5. The number of hydrogen-bond donors (Lipinski definition) is 3. The van der Waals surface area contributed by atoms with E-state index >= 15 is 0 Å². The number of benzene rings is 2. The summed E-state index contributed by atoms with van der Waals surface area (Å²) >= 11 is 0. The van der Waals surface area contributed by atoms with Gasteiger partial charge >= 0.3 is 0 Å². The highest BCUT2D eigenvalue weighted by atomic mass is 19.1. The van der Waals surface area contributed by atoms with E-state index in [0.29, 0.717) is 24.6 Å². The molecule has 1 saturated heterocycles. The van der Waals surface area contributed by atoms with Crippen LogP contribution in [0, 0.1) is 5.92 Å². The number of aromatic nitrogens is 1. The van der Waals surface area contributed by atoms with E-state index in [9.17, 15) is 14.0 Å². The number of hydrogen-bond acceptors (Lipinski definition) is 3. The second-order valence-corrected chi connectivity index (χ2v) is 10.8. The monoisotopic (exact) mass is 516 g/mol. The van der Waals surface area contributed by atoms with Gasteiger partial charge in [0.1, 0.15) is 6.67 Å². The standard InChI is InChI=1S/C31H37FN4O2/c32-19-22-5-3-4-21(18-22)8-13-29(37)36-16-14-24(15-17-36)30(31(33)38)35-25-11-9-23(10-12-25)27-20-34-28-7-2-1-6-26(27)28/h1-8,13,18,20,23-25,30,34-35H,9-12,14-17,19H2,(H2,33,38)/b13-8+. The molecule has 2 amide bonds. The van der Waals surface area contributed by atoms with Gasteiger partial charge in [0.25, 0.3) is 0 Å². The normalized spacial score (nSPS) is 21.7. The molecular formula is C31H37FN4O2. The number of primary amides is 1. The minimum absolute atomic E-state index is 0.0618. The molecule has 3 aromatic rings. The number of H-pyrrole nitrogens is 1. The van der Waals surface area contributed by atoms with Crippen LogP contribution < -0.4 is 11.1 Å². The van der Waals surface area contributed by atoms with Crippen LogP contribution in [-0.4, -0.2) is 46.9 Å². The average Bonchev–Trinajstić information content (AvgIpc) is 3.39. The van der Waals surface area contributed by atoms with E-state index in [0.717, 1.165) is 44.1 Å². The lowest BCUT2D eigenvalue weighted by atomic mass is 9.80. The molecule has 5 rings (SSSR count). The molecule has 1 aliphatic carbocycles. The Morgan fingerprint density at radius 3 is 2.55 bits per heavy atom. The Balaban J connectivity index is 1.12. The van der Waals surface area contributed by atoms with E-state index in [4.69, 9.17) is 5.73 Å². The number of nitrogens with zero attached hydrogens (tertiary/aromatic N) is 1. The van der Waals surface area contributed by atoms with Gasteiger partial charge in [0.15, 0.2) is 0 Å². The third kappa shape index (κ3) is 5.99. The van der Waals surface area contributed by atoms with Crippen molar-refractivity contribution in [3.05, 3.63) is 77.5 Å². The van der Waals surface area contributed by atoms with Crippen LogP contribution in [0.1, 0.15) is 61.1 Å². The lowest BCUT2D eigenvalue weighted by Crippen LogP contribution is -2.54. The maximum atomic E-state index is 12.9. The minimum atomic E-state index is -0.524. The van der Waals surface area contributed by atoms with Crippen molar-refractivity contribution in [1.82, 2.24) is 15.2 Å². The molecule has 2 aliphatic rings. The van der Waals surface area contributed by atoms with E-state index in [1.165, 1.54) is 16.5 Å². The average molecular weight is 517 g/mol. The van der Waals surface area contributed by atoms with E-state index in [1.807, 2.05) is 11.0 Å². The molecule has 1 unspecified atom stereocenters. The number of nitrogens with one attached hydrogen (secondary N) is 2. The van der Waals surface area contributed by atoms with Crippen LogP contribution in [-0.2, 0) is 16.3 Å². The summed E-state index contributed by atoms with van der Waals surface area (Å²) in [6, 6.07) is 15.5. The van der Waals surface area contributed by atoms with Crippen LogP contribution >= 0.6 is 0 Å². The van der Waals surface area contributed by atoms with E-state index in [2.05, 4.69) is 40.8 Å². The predicted octanol–water partition coefficient (Wildman–Crippen LogP) is 5.06. The fourth-order valence-electron chi connectivity index (χ4n) is 6.21. The Bertz CT molecular complexity index is 1290. The third-order valence-corrected chi connectivity index (χ3v) is 8.36. The fourth-order valence-corrected chi connectivity index (χ4v) is 6.21. The number of carbonyl (C=O) groups excluding carboxylic acids is 2. The highest BCUT2D eigenvalue weighted by molar-refractivity contribution is 5.92. The van der Waals surface area contributed by atoms with Crippen LogP contribution in [0.3, 0.4) is 0 Å². The van der Waals surface area contributed by atoms with Crippen molar-refractivity contribution in [2.24, 2.45) is 11.7 Å². The molecule has 0 bridgehead atoms. The highest BCUT2D eigenvalue weighted by Gasteiger charge is 2.34. The molecular weight excluding hydrogens is 479 g/mol. The molecule has 38 heavy (non-hydrogen) atoms. The van der Waals surface area contributed by atoms with Crippen molar-refractivity contribution >= 4 is 28.8 Å². The number of fused-ring (bicyclic) bond motifs is 1. The molecule has 0 radical (unpaired) electrons. The van der Waals surface area contributed by atoms with Crippen molar-refractivity contribution in [1.29, 1.82) is 0 Å². The van der Waals surface area contributed by atoms with Gasteiger partial charge < -0.3 is 20.9 Å². The second-order valence-electron chi connectivity index (χ2n) is 10.8. The molecule has 1 saturated carbocycles. The number of piperidine rings is 1. The number of alkyl halides is 1. The Hall–Kier alpha value is -3.45. The number of amides is 2. The van der Waals surface area contributed by atoms with Gasteiger partial charge in [-0.3, -0.25) is 9.59 Å². The van der Waals surface area contributed by atoms with Gasteiger partial charge in [0.2, 0.25) is 11.8 Å². The van der Waals surface area contributed by atoms with Crippen molar-refractivity contribution in [2.75, 3.05) is 13.1 Å². The number of likely N-dealkylation sites (tertiary alicyclic amines) is 1. The van der Waals surface area contributed by atoms with E-state index in [-0.39, 0.29) is 29.8 Å². The first-order valence-electron chi connectivity index (χ1n) is 13.7. The van der Waals surface area contributed by atoms with Crippen molar-refractivity contribution in [2.45, 2.75) is 63.2 Å². The lowest BCUT2D eigenvalue weighted by Gasteiger charge is -2.38. The topological polar surface area (TPSA) is 91.2 Å². The maximum Gasteiger partial charge on any atom is 0.246 e. The van der Waals surface area contributed by atoms with Crippen LogP contribution in [0.4, 0.5) is 4.39 Å². The van der Waals surface area contributed by atoms with Gasteiger partial charge in [-0.1, -0.05) is 36.4 Å². The molecule has 1 aromatic heterocycles. The number of para-hydroxylation sites is 1. The largest absolute Gasteiger partial charge is 0.368 e. The molecule has 200 valence electrons. The quantitative estimate of drug-likeness (QED) is 0.366. The van der Waals surface area contributed by atoms with Gasteiger partial charge in [0, 0.05) is 42.3 Å². The van der Waals surface area contributed by atoms with Gasteiger partial charge in [-0.2, -0.15) is 0 Å². The zero-order chi connectivity index (χ0) is 26.5. The molecule has 2 fully saturated rings. The van der Waals surface area contributed by atoms with Crippen LogP contribution in [0.25, 0.3) is 17.0 Å². The second kappa shape index (κ2) is 11.9. The molecule has 7 heteroatoms. The number of halogens is 1. The van der Waals surface area contributed by atoms with Gasteiger partial charge in [-0.25, -0.2) is 4.39 Å². The summed E-state index contributed by atoms with van der Waals surface area (Å²) in [6.45, 7) is 0.665. The summed E-state index contributed by atoms with van der Waals surface area (Å²) in [5.74, 6) is 0.278. The molecule has 0 spiro atoms. The maximum absolute atomic E-state index is 12.9. The number of rotatable bonds is 8. The van der Waals surface area contributed by atoms with Crippen molar-refractivity contribution < 1.29 is 14.0 Å². The molecule has 1 atom stereocenters. The Morgan fingerprint density at radius 2 is 1.82 bits per heavy atom. The number of nitrogens with two attached hydrogens (primary N) is 1. The Morgan fingerprint density at radius 1 is 1.05 bits per heavy atom. The Kier molecular flexibility index (Phi) is 8.23. The van der Waals surface area contributed by atoms with Gasteiger partial charge in [-0.05, 0) is 85.3 Å². The van der Waals surface area contributed by atoms with Crippen molar-refractivity contribution in [3.63, 3.8) is 0 Å². The first-order valence-corrected chi connectivity index (χ1v) is 13.7. The minimum Gasteiger partial charge on any atom is -0.368 e. The van der Waals surface area contributed by atoms with E-state index in [1.54, 1.807) is 30.4 Å². The molecule has 4 N–H and O–H groups in total. The van der Waals surface area contributed by atoms with Gasteiger partial charge in [0.05, 0.1) is 6.04 Å². The zero-order valence-corrected chi connectivity index (χ0v) is 21.7. The summed E-state index contributed by atoms with van der Waals surface area (Å²) in [7, 11) is 0.